The lowest BCUT2D eigenvalue weighted by atomic mass is 9.95. The SMILES string of the molecule is C=CCC(=C=C(c1ccccc1)c1ccc(OC)cc1)c1ccccc1. The third-order valence-corrected chi connectivity index (χ3v) is 4.19. The lowest BCUT2D eigenvalue weighted by Gasteiger charge is -2.09. The molecule has 0 aliphatic rings. The van der Waals surface area contributed by atoms with Gasteiger partial charge in [-0.3, -0.25) is 0 Å². The van der Waals surface area contributed by atoms with Crippen LogP contribution in [0.25, 0.3) is 11.1 Å². The molecule has 128 valence electrons. The van der Waals surface area contributed by atoms with Crippen LogP contribution in [-0.4, -0.2) is 7.11 Å². The summed E-state index contributed by atoms with van der Waals surface area (Å²) in [6, 6.07) is 28.8. The molecule has 0 atom stereocenters. The van der Waals surface area contributed by atoms with Gasteiger partial charge in [-0.1, -0.05) is 78.9 Å². The summed E-state index contributed by atoms with van der Waals surface area (Å²) in [4.78, 5) is 0. The standard InChI is InChI=1S/C25H22O/c1-3-10-23(20-11-6-4-7-12-20)19-25(21-13-8-5-9-14-21)22-15-17-24(26-2)18-16-22/h3-9,11-18H,1,10H2,2H3. The van der Waals surface area contributed by atoms with Gasteiger partial charge in [-0.2, -0.15) is 0 Å². The van der Waals surface area contributed by atoms with Crippen molar-refractivity contribution in [3.63, 3.8) is 0 Å². The first kappa shape index (κ1) is 17.5. The molecule has 1 heteroatoms. The fraction of sp³-hybridized carbons (Fsp3) is 0.0800. The van der Waals surface area contributed by atoms with Crippen LogP contribution < -0.4 is 4.74 Å². The minimum absolute atomic E-state index is 0.760. The van der Waals surface area contributed by atoms with Crippen LogP contribution in [0.4, 0.5) is 0 Å². The Balaban J connectivity index is 2.23. The molecule has 0 unspecified atom stereocenters. The van der Waals surface area contributed by atoms with Gasteiger partial charge in [-0.05, 0) is 35.2 Å². The van der Waals surface area contributed by atoms with Gasteiger partial charge < -0.3 is 4.74 Å². The highest BCUT2D eigenvalue weighted by Gasteiger charge is 2.07. The lowest BCUT2D eigenvalue weighted by molar-refractivity contribution is 0.415. The zero-order valence-electron chi connectivity index (χ0n) is 15.0. The number of ether oxygens (including phenoxy) is 1. The van der Waals surface area contributed by atoms with Crippen LogP contribution >= 0.6 is 0 Å². The highest BCUT2D eigenvalue weighted by Crippen LogP contribution is 2.27. The molecule has 0 aromatic heterocycles. The highest BCUT2D eigenvalue weighted by atomic mass is 16.5. The summed E-state index contributed by atoms with van der Waals surface area (Å²) in [6.07, 6.45) is 2.68. The summed E-state index contributed by atoms with van der Waals surface area (Å²) >= 11 is 0. The number of hydrogen-bond acceptors (Lipinski definition) is 1. The molecule has 26 heavy (non-hydrogen) atoms. The third kappa shape index (κ3) is 4.22. The summed E-state index contributed by atoms with van der Waals surface area (Å²) in [6.45, 7) is 3.91. The van der Waals surface area contributed by atoms with Crippen molar-refractivity contribution in [3.05, 3.63) is 120 Å². The van der Waals surface area contributed by atoms with E-state index in [9.17, 15) is 0 Å². The molecule has 0 aliphatic heterocycles. The van der Waals surface area contributed by atoms with Crippen molar-refractivity contribution >= 4 is 11.1 Å². The van der Waals surface area contributed by atoms with Gasteiger partial charge in [-0.25, -0.2) is 0 Å². The molecule has 0 N–H and O–H groups in total. The van der Waals surface area contributed by atoms with Gasteiger partial charge in [0.2, 0.25) is 0 Å². The Morgan fingerprint density at radius 3 is 1.88 bits per heavy atom. The summed E-state index contributed by atoms with van der Waals surface area (Å²) in [5, 5.41) is 0. The number of benzene rings is 3. The van der Waals surface area contributed by atoms with E-state index in [1.807, 2.05) is 30.3 Å². The molecule has 0 saturated carbocycles. The maximum absolute atomic E-state index is 5.30. The van der Waals surface area contributed by atoms with E-state index in [1.165, 1.54) is 0 Å². The number of rotatable bonds is 6. The second-order valence-electron chi connectivity index (χ2n) is 5.93. The number of methoxy groups -OCH3 is 1. The van der Waals surface area contributed by atoms with Crippen LogP contribution in [-0.2, 0) is 0 Å². The lowest BCUT2D eigenvalue weighted by Crippen LogP contribution is -1.89. The number of allylic oxidation sites excluding steroid dienone is 2. The Bertz CT molecular complexity index is 913. The van der Waals surface area contributed by atoms with Crippen molar-refractivity contribution < 1.29 is 4.74 Å². The van der Waals surface area contributed by atoms with Gasteiger partial charge in [0.05, 0.1) is 7.11 Å². The van der Waals surface area contributed by atoms with E-state index in [1.54, 1.807) is 7.11 Å². The summed E-state index contributed by atoms with van der Waals surface area (Å²) in [5.74, 6) is 0.847. The van der Waals surface area contributed by atoms with Crippen molar-refractivity contribution in [2.75, 3.05) is 7.11 Å². The fourth-order valence-electron chi connectivity index (χ4n) is 2.85. The van der Waals surface area contributed by atoms with Gasteiger partial charge in [0.15, 0.2) is 0 Å². The first-order valence-corrected chi connectivity index (χ1v) is 8.68. The molecule has 0 radical (unpaired) electrons. The molecule has 0 bridgehead atoms. The molecule has 0 fully saturated rings. The predicted octanol–water partition coefficient (Wildman–Crippen LogP) is 6.39. The van der Waals surface area contributed by atoms with Crippen LogP contribution in [0.15, 0.2) is 103 Å². The summed E-state index contributed by atoms with van der Waals surface area (Å²) in [7, 11) is 1.68. The smallest absolute Gasteiger partial charge is 0.118 e. The second kappa shape index (κ2) is 8.71. The maximum atomic E-state index is 5.30. The van der Waals surface area contributed by atoms with Crippen molar-refractivity contribution in [1.82, 2.24) is 0 Å². The molecule has 3 rings (SSSR count). The molecule has 0 spiro atoms. The molecule has 0 amide bonds. The molecule has 0 heterocycles. The second-order valence-corrected chi connectivity index (χ2v) is 5.93. The minimum Gasteiger partial charge on any atom is -0.497 e. The normalized spacial score (nSPS) is 9.88. The number of hydrogen-bond donors (Lipinski definition) is 0. The maximum Gasteiger partial charge on any atom is 0.118 e. The van der Waals surface area contributed by atoms with E-state index < -0.39 is 0 Å². The molecule has 1 nitrogen and oxygen atoms in total. The average Bonchev–Trinajstić information content (AvgIpc) is 2.72. The molecular formula is C25H22O. The Kier molecular flexibility index (Phi) is 5.88. The van der Waals surface area contributed by atoms with E-state index in [-0.39, 0.29) is 0 Å². The Hall–Kier alpha value is -3.28. The third-order valence-electron chi connectivity index (χ3n) is 4.19. The van der Waals surface area contributed by atoms with Crippen LogP contribution in [0.3, 0.4) is 0 Å². The first-order valence-electron chi connectivity index (χ1n) is 8.68. The van der Waals surface area contributed by atoms with Crippen molar-refractivity contribution in [1.29, 1.82) is 0 Å². The highest BCUT2D eigenvalue weighted by molar-refractivity contribution is 5.84. The van der Waals surface area contributed by atoms with Crippen molar-refractivity contribution in [3.8, 4) is 5.75 Å². The van der Waals surface area contributed by atoms with E-state index in [2.05, 4.69) is 73.0 Å². The van der Waals surface area contributed by atoms with E-state index in [0.717, 1.165) is 40.0 Å². The summed E-state index contributed by atoms with van der Waals surface area (Å²) in [5.41, 5.74) is 9.25. The van der Waals surface area contributed by atoms with E-state index >= 15 is 0 Å². The van der Waals surface area contributed by atoms with Crippen LogP contribution in [0.2, 0.25) is 0 Å². The van der Waals surface area contributed by atoms with Crippen molar-refractivity contribution in [2.45, 2.75) is 6.42 Å². The molecule has 3 aromatic rings. The fourth-order valence-corrected chi connectivity index (χ4v) is 2.85. The molecular weight excluding hydrogens is 316 g/mol. The summed E-state index contributed by atoms with van der Waals surface area (Å²) < 4.78 is 5.30. The van der Waals surface area contributed by atoms with Gasteiger partial charge in [0, 0.05) is 11.1 Å². The zero-order valence-corrected chi connectivity index (χ0v) is 15.0. The van der Waals surface area contributed by atoms with Gasteiger partial charge in [0.1, 0.15) is 5.75 Å². The van der Waals surface area contributed by atoms with Crippen molar-refractivity contribution in [2.24, 2.45) is 0 Å². The van der Waals surface area contributed by atoms with E-state index in [0.29, 0.717) is 0 Å². The van der Waals surface area contributed by atoms with Gasteiger partial charge in [0.25, 0.3) is 0 Å². The quantitative estimate of drug-likeness (QED) is 0.374. The average molecular weight is 338 g/mol. The molecule has 0 aliphatic carbocycles. The van der Waals surface area contributed by atoms with Crippen LogP contribution in [0, 0.1) is 0 Å². The zero-order chi connectivity index (χ0) is 18.2. The minimum atomic E-state index is 0.760. The van der Waals surface area contributed by atoms with Crippen LogP contribution in [0.1, 0.15) is 23.1 Å². The Morgan fingerprint density at radius 1 is 0.808 bits per heavy atom. The first-order chi connectivity index (χ1) is 12.8. The van der Waals surface area contributed by atoms with Crippen LogP contribution in [0.5, 0.6) is 5.75 Å². The monoisotopic (exact) mass is 338 g/mol. The largest absolute Gasteiger partial charge is 0.497 e. The Morgan fingerprint density at radius 2 is 1.35 bits per heavy atom. The molecule has 0 saturated heterocycles. The predicted molar refractivity (Wildman–Crippen MR) is 110 cm³/mol. The Labute approximate surface area is 155 Å². The topological polar surface area (TPSA) is 9.23 Å². The van der Waals surface area contributed by atoms with E-state index in [4.69, 9.17) is 4.74 Å². The van der Waals surface area contributed by atoms with Gasteiger partial charge >= 0.3 is 0 Å². The molecule has 3 aromatic carbocycles. The van der Waals surface area contributed by atoms with Gasteiger partial charge in [-0.15, -0.1) is 12.3 Å².